The number of hydrogen-bond donors (Lipinski definition) is 1. The monoisotopic (exact) mass is 478 g/mol. The van der Waals surface area contributed by atoms with Crippen LogP contribution in [0.3, 0.4) is 0 Å². The highest BCUT2D eigenvalue weighted by atomic mass is 35.5. The summed E-state index contributed by atoms with van der Waals surface area (Å²) in [5, 5.41) is 2.94. The van der Waals surface area contributed by atoms with Crippen LogP contribution in [-0.2, 0) is 26.2 Å². The molecule has 0 bridgehead atoms. The normalized spacial score (nSPS) is 11.2. The van der Waals surface area contributed by atoms with Gasteiger partial charge in [-0.2, -0.15) is 0 Å². The van der Waals surface area contributed by atoms with Crippen LogP contribution in [0.15, 0.2) is 77.7 Å². The minimum atomic E-state index is -4.09. The Kier molecular flexibility index (Phi) is 7.56. The van der Waals surface area contributed by atoms with Gasteiger partial charge in [0, 0.05) is 12.8 Å². The van der Waals surface area contributed by atoms with E-state index in [0.717, 1.165) is 9.87 Å². The number of rotatable bonds is 8. The van der Waals surface area contributed by atoms with Crippen LogP contribution in [0.1, 0.15) is 5.56 Å². The van der Waals surface area contributed by atoms with Gasteiger partial charge in [0.2, 0.25) is 5.91 Å². The molecular formula is C22H20Cl2N2O4S. The Labute approximate surface area is 191 Å². The summed E-state index contributed by atoms with van der Waals surface area (Å²) in [6.45, 7) is -0.109. The van der Waals surface area contributed by atoms with Gasteiger partial charge in [0.05, 0.1) is 27.2 Å². The second-order valence-electron chi connectivity index (χ2n) is 6.58. The van der Waals surface area contributed by atoms with Crippen LogP contribution in [-0.4, -0.2) is 28.0 Å². The Morgan fingerprint density at radius 3 is 2.42 bits per heavy atom. The van der Waals surface area contributed by atoms with E-state index in [1.807, 2.05) is 6.07 Å². The molecule has 0 saturated heterocycles. The molecule has 0 heterocycles. The number of anilines is 2. The first-order chi connectivity index (χ1) is 14.8. The van der Waals surface area contributed by atoms with Crippen LogP contribution in [0.5, 0.6) is 0 Å². The highest BCUT2D eigenvalue weighted by Crippen LogP contribution is 2.35. The van der Waals surface area contributed by atoms with Crippen LogP contribution in [0.2, 0.25) is 10.0 Å². The number of benzene rings is 3. The largest absolute Gasteiger partial charge is 0.380 e. The highest BCUT2D eigenvalue weighted by Gasteiger charge is 2.29. The van der Waals surface area contributed by atoms with E-state index in [4.69, 9.17) is 27.9 Å². The van der Waals surface area contributed by atoms with Crippen molar-refractivity contribution in [1.82, 2.24) is 0 Å². The molecule has 0 aromatic heterocycles. The average molecular weight is 479 g/mol. The second kappa shape index (κ2) is 10.2. The smallest absolute Gasteiger partial charge is 0.264 e. The van der Waals surface area contributed by atoms with Gasteiger partial charge in [-0.1, -0.05) is 59.6 Å². The molecule has 0 spiro atoms. The number of carbonyl (C=O) groups excluding carboxylic acids is 1. The van der Waals surface area contributed by atoms with E-state index >= 15 is 0 Å². The number of hydrogen-bond acceptors (Lipinski definition) is 4. The van der Waals surface area contributed by atoms with E-state index in [-0.39, 0.29) is 20.6 Å². The first-order valence-electron chi connectivity index (χ1n) is 9.22. The fourth-order valence-electron chi connectivity index (χ4n) is 2.94. The average Bonchev–Trinajstić information content (AvgIpc) is 2.75. The maximum atomic E-state index is 13.4. The predicted molar refractivity (Wildman–Crippen MR) is 123 cm³/mol. The van der Waals surface area contributed by atoms with Crippen LogP contribution in [0.25, 0.3) is 0 Å². The summed E-state index contributed by atoms with van der Waals surface area (Å²) in [6, 6.07) is 19.5. The molecule has 0 aliphatic rings. The number of sulfonamides is 1. The summed E-state index contributed by atoms with van der Waals surface area (Å²) < 4.78 is 32.8. The van der Waals surface area contributed by atoms with Gasteiger partial charge in [-0.15, -0.1) is 0 Å². The zero-order chi connectivity index (χ0) is 22.4. The van der Waals surface area contributed by atoms with Crippen molar-refractivity contribution >= 4 is 50.5 Å². The fraction of sp³-hybridized carbons (Fsp3) is 0.136. The number of carbonyl (C=O) groups is 1. The van der Waals surface area contributed by atoms with Crippen molar-refractivity contribution in [2.75, 3.05) is 23.3 Å². The number of nitrogens with zero attached hydrogens (tertiary/aromatic N) is 1. The summed E-state index contributed by atoms with van der Waals surface area (Å²) in [5.41, 5.74) is 1.50. The van der Waals surface area contributed by atoms with Crippen molar-refractivity contribution in [3.8, 4) is 0 Å². The van der Waals surface area contributed by atoms with Crippen molar-refractivity contribution in [2.24, 2.45) is 0 Å². The zero-order valence-electron chi connectivity index (χ0n) is 16.6. The van der Waals surface area contributed by atoms with Crippen LogP contribution in [0.4, 0.5) is 11.4 Å². The maximum Gasteiger partial charge on any atom is 0.264 e. The lowest BCUT2D eigenvalue weighted by atomic mass is 10.2. The molecule has 0 aliphatic heterocycles. The Hall–Kier alpha value is -2.58. The summed E-state index contributed by atoms with van der Waals surface area (Å²) >= 11 is 12.4. The van der Waals surface area contributed by atoms with Gasteiger partial charge < -0.3 is 10.1 Å². The molecule has 0 aliphatic carbocycles. The van der Waals surface area contributed by atoms with Crippen molar-refractivity contribution in [3.05, 3.63) is 88.4 Å². The molecular weight excluding hydrogens is 459 g/mol. The Morgan fingerprint density at radius 1 is 1.00 bits per heavy atom. The van der Waals surface area contributed by atoms with Crippen LogP contribution in [0, 0.1) is 0 Å². The molecule has 0 fully saturated rings. The summed E-state index contributed by atoms with van der Waals surface area (Å²) in [4.78, 5) is 12.8. The van der Waals surface area contributed by atoms with E-state index in [0.29, 0.717) is 12.3 Å². The fourth-order valence-corrected chi connectivity index (χ4v) is 4.84. The molecule has 3 aromatic carbocycles. The van der Waals surface area contributed by atoms with Gasteiger partial charge in [0.15, 0.2) is 0 Å². The molecule has 0 atom stereocenters. The lowest BCUT2D eigenvalue weighted by molar-refractivity contribution is -0.114. The minimum absolute atomic E-state index is 0.0286. The topological polar surface area (TPSA) is 75.7 Å². The first-order valence-corrected chi connectivity index (χ1v) is 11.4. The molecule has 1 N–H and O–H groups in total. The van der Waals surface area contributed by atoms with Crippen LogP contribution < -0.4 is 9.62 Å². The Bertz CT molecular complexity index is 1170. The zero-order valence-corrected chi connectivity index (χ0v) is 18.9. The molecule has 31 heavy (non-hydrogen) atoms. The highest BCUT2D eigenvalue weighted by molar-refractivity contribution is 7.92. The molecule has 1 amide bonds. The van der Waals surface area contributed by atoms with Gasteiger partial charge in [-0.3, -0.25) is 9.10 Å². The molecule has 3 rings (SSSR count). The van der Waals surface area contributed by atoms with Crippen molar-refractivity contribution in [1.29, 1.82) is 0 Å². The van der Waals surface area contributed by atoms with Crippen molar-refractivity contribution < 1.29 is 17.9 Å². The van der Waals surface area contributed by atoms with Crippen LogP contribution >= 0.6 is 23.2 Å². The van der Waals surface area contributed by atoms with E-state index in [1.54, 1.807) is 55.6 Å². The van der Waals surface area contributed by atoms with Gasteiger partial charge >= 0.3 is 0 Å². The number of amides is 1. The lowest BCUT2D eigenvalue weighted by Crippen LogP contribution is -2.38. The maximum absolute atomic E-state index is 13.4. The Balaban J connectivity index is 1.95. The molecule has 6 nitrogen and oxygen atoms in total. The lowest BCUT2D eigenvalue weighted by Gasteiger charge is -2.25. The summed E-state index contributed by atoms with van der Waals surface area (Å²) in [7, 11) is -2.51. The summed E-state index contributed by atoms with van der Waals surface area (Å²) in [6.07, 6.45) is 0. The molecule has 0 unspecified atom stereocenters. The van der Waals surface area contributed by atoms with E-state index in [2.05, 4.69) is 5.32 Å². The quantitative estimate of drug-likeness (QED) is 0.495. The van der Waals surface area contributed by atoms with E-state index < -0.39 is 22.5 Å². The molecule has 9 heteroatoms. The molecule has 0 radical (unpaired) electrons. The Morgan fingerprint density at radius 2 is 1.71 bits per heavy atom. The van der Waals surface area contributed by atoms with Gasteiger partial charge in [0.25, 0.3) is 10.0 Å². The van der Waals surface area contributed by atoms with E-state index in [1.165, 1.54) is 18.2 Å². The molecule has 3 aromatic rings. The third-order valence-electron chi connectivity index (χ3n) is 4.34. The second-order valence-corrected chi connectivity index (χ2v) is 9.23. The molecule has 0 saturated carbocycles. The predicted octanol–water partition coefficient (Wildman–Crippen LogP) is 4.97. The van der Waals surface area contributed by atoms with Crippen molar-refractivity contribution in [2.45, 2.75) is 11.5 Å². The van der Waals surface area contributed by atoms with Crippen molar-refractivity contribution in [3.63, 3.8) is 0 Å². The SMILES string of the molecule is COCc1cccc(NC(=O)CN(c2cccc(Cl)c2Cl)S(=O)(=O)c2ccccc2)c1. The number of nitrogens with one attached hydrogen (secondary N) is 1. The number of halogens is 2. The van der Waals surface area contributed by atoms with Gasteiger partial charge in [0.1, 0.15) is 6.54 Å². The minimum Gasteiger partial charge on any atom is -0.380 e. The third kappa shape index (κ3) is 5.57. The first kappa shape index (κ1) is 23.1. The van der Waals surface area contributed by atoms with E-state index in [9.17, 15) is 13.2 Å². The standard InChI is InChI=1S/C22H20Cl2N2O4S/c1-30-15-16-7-5-8-17(13-16)25-21(27)14-26(20-12-6-11-19(23)22(20)24)31(28,29)18-9-3-2-4-10-18/h2-13H,14-15H2,1H3,(H,25,27). The van der Waals surface area contributed by atoms with Gasteiger partial charge in [-0.25, -0.2) is 8.42 Å². The number of methoxy groups -OCH3 is 1. The molecule has 162 valence electrons. The summed E-state index contributed by atoms with van der Waals surface area (Å²) in [5.74, 6) is -0.537. The number of ether oxygens (including phenoxy) is 1. The third-order valence-corrected chi connectivity index (χ3v) is 6.92. The van der Waals surface area contributed by atoms with Gasteiger partial charge in [-0.05, 0) is 42.0 Å².